The van der Waals surface area contributed by atoms with Crippen LogP contribution in [0.1, 0.15) is 16.0 Å². The molecular weight excluding hydrogens is 366 g/mol. The van der Waals surface area contributed by atoms with Crippen molar-refractivity contribution in [1.29, 1.82) is 0 Å². The molecule has 1 atom stereocenters. The minimum Gasteiger partial charge on any atom is -0.495 e. The van der Waals surface area contributed by atoms with Gasteiger partial charge in [0.05, 0.1) is 17.0 Å². The van der Waals surface area contributed by atoms with Crippen LogP contribution in [0.3, 0.4) is 0 Å². The van der Waals surface area contributed by atoms with E-state index in [1.807, 2.05) is 6.07 Å². The predicted octanol–water partition coefficient (Wildman–Crippen LogP) is 5.43. The summed E-state index contributed by atoms with van der Waals surface area (Å²) in [6, 6.07) is 11.9. The molecule has 0 amide bonds. The first kappa shape index (κ1) is 16.0. The van der Waals surface area contributed by atoms with Crippen molar-refractivity contribution in [3.63, 3.8) is 0 Å². The van der Waals surface area contributed by atoms with Gasteiger partial charge in [0, 0.05) is 5.56 Å². The maximum absolute atomic E-state index is 12.5. The molecule has 112 valence electrons. The van der Waals surface area contributed by atoms with Crippen LogP contribution in [0, 0.1) is 0 Å². The van der Waals surface area contributed by atoms with Crippen molar-refractivity contribution in [1.82, 2.24) is 0 Å². The third-order valence-corrected chi connectivity index (χ3v) is 4.19. The van der Waals surface area contributed by atoms with Gasteiger partial charge < -0.3 is 9.47 Å². The quantitative estimate of drug-likeness (QED) is 0.647. The van der Waals surface area contributed by atoms with E-state index in [0.29, 0.717) is 16.3 Å². The summed E-state index contributed by atoms with van der Waals surface area (Å²) in [6.45, 7) is -2.87. The van der Waals surface area contributed by atoms with Crippen LogP contribution in [0.5, 0.6) is 11.5 Å². The van der Waals surface area contributed by atoms with E-state index in [9.17, 15) is 8.78 Å². The van der Waals surface area contributed by atoms with E-state index >= 15 is 0 Å². The van der Waals surface area contributed by atoms with Crippen molar-refractivity contribution >= 4 is 27.5 Å². The van der Waals surface area contributed by atoms with E-state index in [1.165, 1.54) is 13.2 Å². The molecule has 0 spiro atoms. The molecule has 6 heteroatoms. The molecule has 0 aliphatic carbocycles. The number of hydrogen-bond donors (Lipinski definition) is 0. The Bertz CT molecular complexity index is 622. The Morgan fingerprint density at radius 1 is 1.10 bits per heavy atom. The molecule has 0 saturated carbocycles. The van der Waals surface area contributed by atoms with Gasteiger partial charge in [0.25, 0.3) is 0 Å². The number of hydrogen-bond acceptors (Lipinski definition) is 2. The average molecular weight is 378 g/mol. The van der Waals surface area contributed by atoms with Crippen LogP contribution in [0.4, 0.5) is 8.78 Å². The fourth-order valence-corrected chi connectivity index (χ4v) is 2.84. The molecule has 2 aromatic rings. The van der Waals surface area contributed by atoms with Gasteiger partial charge in [-0.25, -0.2) is 0 Å². The van der Waals surface area contributed by atoms with Crippen molar-refractivity contribution in [2.45, 2.75) is 11.4 Å². The molecule has 0 fully saturated rings. The van der Waals surface area contributed by atoms with Crippen LogP contribution in [0.2, 0.25) is 5.02 Å². The SMILES string of the molecule is COc1ccc(C(Br)c2ccccc2OC(F)F)cc1Cl. The standard InChI is InChI=1S/C15H12BrClF2O2/c1-20-13-7-6-9(8-11(13)17)14(16)10-4-2-3-5-12(10)21-15(18)19/h2-8,14-15H,1H3. The largest absolute Gasteiger partial charge is 0.495 e. The van der Waals surface area contributed by atoms with Crippen molar-refractivity contribution in [3.05, 3.63) is 58.6 Å². The lowest BCUT2D eigenvalue weighted by Crippen LogP contribution is -2.05. The molecule has 21 heavy (non-hydrogen) atoms. The number of methoxy groups -OCH3 is 1. The Labute approximate surface area is 134 Å². The third-order valence-electron chi connectivity index (χ3n) is 2.88. The molecule has 0 radical (unpaired) electrons. The second-order valence-corrected chi connectivity index (χ2v) is 5.50. The minimum absolute atomic E-state index is 0.126. The van der Waals surface area contributed by atoms with Gasteiger partial charge in [0.2, 0.25) is 0 Å². The highest BCUT2D eigenvalue weighted by Gasteiger charge is 2.18. The van der Waals surface area contributed by atoms with E-state index in [4.69, 9.17) is 16.3 Å². The first-order chi connectivity index (χ1) is 10.0. The second-order valence-electron chi connectivity index (χ2n) is 4.17. The van der Waals surface area contributed by atoms with Crippen molar-refractivity contribution in [2.75, 3.05) is 7.11 Å². The summed E-state index contributed by atoms with van der Waals surface area (Å²) in [6.07, 6.45) is 0. The molecule has 0 heterocycles. The zero-order valence-corrected chi connectivity index (χ0v) is 13.4. The molecule has 0 N–H and O–H groups in total. The lowest BCUT2D eigenvalue weighted by Gasteiger charge is -2.16. The Kier molecular flexibility index (Phi) is 5.42. The van der Waals surface area contributed by atoms with E-state index in [1.54, 1.807) is 30.3 Å². The van der Waals surface area contributed by atoms with Gasteiger partial charge >= 0.3 is 6.61 Å². The zero-order valence-electron chi connectivity index (χ0n) is 11.0. The molecule has 0 bridgehead atoms. The van der Waals surface area contributed by atoms with Gasteiger partial charge in [-0.15, -0.1) is 0 Å². The van der Waals surface area contributed by atoms with Gasteiger partial charge in [-0.2, -0.15) is 8.78 Å². The van der Waals surface area contributed by atoms with Crippen molar-refractivity contribution in [3.8, 4) is 11.5 Å². The number of benzene rings is 2. The van der Waals surface area contributed by atoms with Crippen LogP contribution >= 0.6 is 27.5 Å². The Hall–Kier alpha value is -1.33. The molecule has 2 nitrogen and oxygen atoms in total. The number of rotatable bonds is 5. The first-order valence-electron chi connectivity index (χ1n) is 6.04. The summed E-state index contributed by atoms with van der Waals surface area (Å²) in [5.74, 6) is 0.679. The van der Waals surface area contributed by atoms with Crippen molar-refractivity contribution in [2.24, 2.45) is 0 Å². The molecule has 0 aliphatic rings. The molecular formula is C15H12BrClF2O2. The number of ether oxygens (including phenoxy) is 2. The topological polar surface area (TPSA) is 18.5 Å². The van der Waals surface area contributed by atoms with Gasteiger partial charge in [-0.3, -0.25) is 0 Å². The maximum atomic E-state index is 12.5. The summed E-state index contributed by atoms with van der Waals surface area (Å²) in [5, 5.41) is 0.451. The number of halogens is 4. The Balaban J connectivity index is 2.35. The second kappa shape index (κ2) is 7.09. The fourth-order valence-electron chi connectivity index (χ4n) is 1.91. The monoisotopic (exact) mass is 376 g/mol. The van der Waals surface area contributed by atoms with Crippen LogP contribution in [-0.2, 0) is 0 Å². The first-order valence-corrected chi connectivity index (χ1v) is 7.33. The maximum Gasteiger partial charge on any atom is 0.387 e. The van der Waals surface area contributed by atoms with Gasteiger partial charge in [0.1, 0.15) is 11.5 Å². The number of alkyl halides is 3. The lowest BCUT2D eigenvalue weighted by molar-refractivity contribution is -0.0503. The number of para-hydroxylation sites is 1. The van der Waals surface area contributed by atoms with Crippen LogP contribution in [0.15, 0.2) is 42.5 Å². The Morgan fingerprint density at radius 2 is 1.81 bits per heavy atom. The average Bonchev–Trinajstić information content (AvgIpc) is 2.46. The van der Waals surface area contributed by atoms with Gasteiger partial charge in [-0.05, 0) is 23.8 Å². The molecule has 0 aliphatic heterocycles. The van der Waals surface area contributed by atoms with Gasteiger partial charge in [-0.1, -0.05) is 51.8 Å². The zero-order chi connectivity index (χ0) is 15.4. The highest BCUT2D eigenvalue weighted by molar-refractivity contribution is 9.09. The van der Waals surface area contributed by atoms with Gasteiger partial charge in [0.15, 0.2) is 0 Å². The normalized spacial score (nSPS) is 12.3. The van der Waals surface area contributed by atoms with Crippen LogP contribution in [0.25, 0.3) is 0 Å². The highest BCUT2D eigenvalue weighted by Crippen LogP contribution is 2.39. The fraction of sp³-hybridized carbons (Fsp3) is 0.200. The summed E-state index contributed by atoms with van der Waals surface area (Å²) in [5.41, 5.74) is 1.41. The molecule has 2 rings (SSSR count). The smallest absolute Gasteiger partial charge is 0.387 e. The van der Waals surface area contributed by atoms with Crippen LogP contribution in [-0.4, -0.2) is 13.7 Å². The molecule has 0 aromatic heterocycles. The van der Waals surface area contributed by atoms with E-state index in [-0.39, 0.29) is 10.6 Å². The minimum atomic E-state index is -2.87. The van der Waals surface area contributed by atoms with Crippen molar-refractivity contribution < 1.29 is 18.3 Å². The molecule has 2 aromatic carbocycles. The third kappa shape index (κ3) is 3.86. The highest BCUT2D eigenvalue weighted by atomic mass is 79.9. The van der Waals surface area contributed by atoms with E-state index in [0.717, 1.165) is 5.56 Å². The summed E-state index contributed by atoms with van der Waals surface area (Å²) in [4.78, 5) is -0.323. The molecule has 1 unspecified atom stereocenters. The molecule has 0 saturated heterocycles. The summed E-state index contributed by atoms with van der Waals surface area (Å²) in [7, 11) is 1.53. The van der Waals surface area contributed by atoms with Crippen LogP contribution < -0.4 is 9.47 Å². The van der Waals surface area contributed by atoms with E-state index < -0.39 is 6.61 Å². The van der Waals surface area contributed by atoms with E-state index in [2.05, 4.69) is 20.7 Å². The lowest BCUT2D eigenvalue weighted by atomic mass is 10.0. The predicted molar refractivity (Wildman–Crippen MR) is 81.8 cm³/mol. The Morgan fingerprint density at radius 3 is 2.43 bits per heavy atom. The summed E-state index contributed by atoms with van der Waals surface area (Å²) < 4.78 is 34.5. The summed E-state index contributed by atoms with van der Waals surface area (Å²) >= 11 is 9.58.